The molecule has 0 radical (unpaired) electrons. The summed E-state index contributed by atoms with van der Waals surface area (Å²) < 4.78 is 2.00. The average Bonchev–Trinajstić information content (AvgIpc) is 3.06. The molecule has 3 aromatic rings. The van der Waals surface area contributed by atoms with Crippen molar-refractivity contribution < 1.29 is 9.59 Å². The molecular weight excluding hydrogens is 356 g/mol. The number of anilines is 1. The van der Waals surface area contributed by atoms with Crippen molar-refractivity contribution in [3.63, 3.8) is 0 Å². The van der Waals surface area contributed by atoms with Gasteiger partial charge in [-0.1, -0.05) is 29.8 Å². The molecule has 0 atom stereocenters. The fourth-order valence-electron chi connectivity index (χ4n) is 2.91. The van der Waals surface area contributed by atoms with Crippen LogP contribution in [0.2, 0.25) is 5.02 Å². The SMILES string of the molecule is Cn1cc(/C=C2/SC(=O)N(c3ccc(Cl)cc3)C2=O)c2ccccc21. The molecule has 4 nitrogen and oxygen atoms in total. The molecular formula is C19H13ClN2O2S. The smallest absolute Gasteiger partial charge is 0.298 e. The van der Waals surface area contributed by atoms with Crippen LogP contribution in [0.5, 0.6) is 0 Å². The fraction of sp³-hybridized carbons (Fsp3) is 0.0526. The van der Waals surface area contributed by atoms with Crippen molar-refractivity contribution >= 4 is 57.2 Å². The van der Waals surface area contributed by atoms with Gasteiger partial charge in [-0.15, -0.1) is 0 Å². The summed E-state index contributed by atoms with van der Waals surface area (Å²) in [6.07, 6.45) is 3.74. The minimum Gasteiger partial charge on any atom is -0.350 e. The summed E-state index contributed by atoms with van der Waals surface area (Å²) in [5.74, 6) is -0.315. The minimum atomic E-state index is -0.315. The number of fused-ring (bicyclic) bond motifs is 1. The number of imide groups is 1. The third kappa shape index (κ3) is 2.75. The van der Waals surface area contributed by atoms with E-state index in [1.54, 1.807) is 30.3 Å². The van der Waals surface area contributed by atoms with Gasteiger partial charge in [-0.25, -0.2) is 4.90 Å². The lowest BCUT2D eigenvalue weighted by Gasteiger charge is -2.12. The van der Waals surface area contributed by atoms with E-state index < -0.39 is 0 Å². The van der Waals surface area contributed by atoms with Gasteiger partial charge < -0.3 is 4.57 Å². The molecule has 2 heterocycles. The summed E-state index contributed by atoms with van der Waals surface area (Å²) in [5, 5.41) is 1.30. The second-order valence-corrected chi connectivity index (χ2v) is 7.14. The van der Waals surface area contributed by atoms with Crippen LogP contribution in [0, 0.1) is 0 Å². The van der Waals surface area contributed by atoms with E-state index in [-0.39, 0.29) is 11.1 Å². The number of para-hydroxylation sites is 1. The lowest BCUT2D eigenvalue weighted by atomic mass is 10.1. The predicted molar refractivity (Wildman–Crippen MR) is 103 cm³/mol. The van der Waals surface area contributed by atoms with Crippen LogP contribution in [0.4, 0.5) is 10.5 Å². The Hall–Kier alpha value is -2.50. The van der Waals surface area contributed by atoms with Gasteiger partial charge in [-0.2, -0.15) is 0 Å². The monoisotopic (exact) mass is 368 g/mol. The molecule has 0 spiro atoms. The van der Waals surface area contributed by atoms with Gasteiger partial charge in [-0.05, 0) is 48.2 Å². The van der Waals surface area contributed by atoms with Gasteiger partial charge in [-0.3, -0.25) is 9.59 Å². The summed E-state index contributed by atoms with van der Waals surface area (Å²) in [7, 11) is 1.96. The Labute approximate surface area is 153 Å². The van der Waals surface area contributed by atoms with E-state index in [1.165, 1.54) is 4.90 Å². The number of rotatable bonds is 2. The van der Waals surface area contributed by atoms with E-state index >= 15 is 0 Å². The van der Waals surface area contributed by atoms with E-state index in [0.29, 0.717) is 15.6 Å². The van der Waals surface area contributed by atoms with Crippen LogP contribution in [-0.4, -0.2) is 15.7 Å². The zero-order chi connectivity index (χ0) is 17.6. The van der Waals surface area contributed by atoms with Crippen LogP contribution in [0.25, 0.3) is 17.0 Å². The molecule has 124 valence electrons. The Morgan fingerprint density at radius 3 is 2.52 bits per heavy atom. The molecule has 1 aliphatic rings. The molecule has 1 saturated heterocycles. The molecule has 1 aliphatic heterocycles. The topological polar surface area (TPSA) is 42.3 Å². The van der Waals surface area contributed by atoms with Gasteiger partial charge in [0.2, 0.25) is 0 Å². The van der Waals surface area contributed by atoms with Gasteiger partial charge in [0.1, 0.15) is 0 Å². The summed E-state index contributed by atoms with van der Waals surface area (Å²) in [4.78, 5) is 26.6. The maximum absolute atomic E-state index is 12.7. The zero-order valence-corrected chi connectivity index (χ0v) is 14.8. The van der Waals surface area contributed by atoms with Crippen molar-refractivity contribution in [2.45, 2.75) is 0 Å². The second kappa shape index (κ2) is 6.10. The molecule has 1 aromatic heterocycles. The summed E-state index contributed by atoms with van der Waals surface area (Å²) in [5.41, 5.74) is 2.51. The molecule has 6 heteroatoms. The quantitative estimate of drug-likeness (QED) is 0.593. The number of hydrogen-bond acceptors (Lipinski definition) is 3. The van der Waals surface area contributed by atoms with Gasteiger partial charge >= 0.3 is 0 Å². The number of carbonyl (C=O) groups is 2. The first-order chi connectivity index (χ1) is 12.0. The van der Waals surface area contributed by atoms with E-state index in [0.717, 1.165) is 28.2 Å². The molecule has 2 aromatic carbocycles. The van der Waals surface area contributed by atoms with E-state index in [9.17, 15) is 9.59 Å². The Balaban J connectivity index is 1.74. The number of benzene rings is 2. The lowest BCUT2D eigenvalue weighted by molar-refractivity contribution is -0.113. The first-order valence-electron chi connectivity index (χ1n) is 7.62. The number of hydrogen-bond donors (Lipinski definition) is 0. The van der Waals surface area contributed by atoms with Gasteiger partial charge in [0, 0.05) is 34.7 Å². The second-order valence-electron chi connectivity index (χ2n) is 5.71. The Morgan fingerprint density at radius 1 is 1.04 bits per heavy atom. The van der Waals surface area contributed by atoms with Crippen molar-refractivity contribution in [1.29, 1.82) is 0 Å². The summed E-state index contributed by atoms with van der Waals surface area (Å²) in [6.45, 7) is 0. The maximum atomic E-state index is 12.7. The molecule has 0 unspecified atom stereocenters. The molecule has 0 saturated carbocycles. The van der Waals surface area contributed by atoms with Gasteiger partial charge in [0.05, 0.1) is 10.6 Å². The number of amides is 2. The highest BCUT2D eigenvalue weighted by Gasteiger charge is 2.36. The fourth-order valence-corrected chi connectivity index (χ4v) is 3.87. The third-order valence-corrected chi connectivity index (χ3v) is 5.21. The number of carbonyl (C=O) groups excluding carboxylic acids is 2. The number of nitrogens with zero attached hydrogens (tertiary/aromatic N) is 2. The van der Waals surface area contributed by atoms with Crippen molar-refractivity contribution in [2.24, 2.45) is 7.05 Å². The van der Waals surface area contributed by atoms with Crippen LogP contribution in [0.3, 0.4) is 0 Å². The lowest BCUT2D eigenvalue weighted by Crippen LogP contribution is -2.27. The molecule has 0 N–H and O–H groups in total. The van der Waals surface area contributed by atoms with Crippen LogP contribution in [-0.2, 0) is 11.8 Å². The number of aromatic nitrogens is 1. The highest BCUT2D eigenvalue weighted by molar-refractivity contribution is 8.19. The van der Waals surface area contributed by atoms with E-state index in [2.05, 4.69) is 0 Å². The summed E-state index contributed by atoms with van der Waals surface area (Å²) >= 11 is 6.83. The average molecular weight is 369 g/mol. The Bertz CT molecular complexity index is 1040. The first kappa shape index (κ1) is 16.0. The predicted octanol–water partition coefficient (Wildman–Crippen LogP) is 5.07. The molecule has 1 fully saturated rings. The molecule has 4 rings (SSSR count). The van der Waals surface area contributed by atoms with Crippen LogP contribution in [0.1, 0.15) is 5.56 Å². The van der Waals surface area contributed by atoms with Crippen LogP contribution in [0.15, 0.2) is 59.6 Å². The maximum Gasteiger partial charge on any atom is 0.298 e. The van der Waals surface area contributed by atoms with Gasteiger partial charge in [0.25, 0.3) is 11.1 Å². The molecule has 2 amide bonds. The van der Waals surface area contributed by atoms with Crippen molar-refractivity contribution in [2.75, 3.05) is 4.90 Å². The van der Waals surface area contributed by atoms with Crippen molar-refractivity contribution in [1.82, 2.24) is 4.57 Å². The number of halogens is 1. The number of thioether (sulfide) groups is 1. The summed E-state index contributed by atoms with van der Waals surface area (Å²) in [6, 6.07) is 14.6. The highest BCUT2D eigenvalue weighted by atomic mass is 35.5. The van der Waals surface area contributed by atoms with E-state index in [4.69, 9.17) is 11.6 Å². The standard InChI is InChI=1S/C19H13ClN2O2S/c1-21-11-12(15-4-2-3-5-16(15)21)10-17-18(23)22(19(24)25-17)14-8-6-13(20)7-9-14/h2-11H,1H3/b17-10+. The van der Waals surface area contributed by atoms with Crippen molar-refractivity contribution in [3.8, 4) is 0 Å². The first-order valence-corrected chi connectivity index (χ1v) is 8.81. The molecule has 25 heavy (non-hydrogen) atoms. The van der Waals surface area contributed by atoms with Crippen LogP contribution >= 0.6 is 23.4 Å². The Kier molecular flexibility index (Phi) is 3.90. The van der Waals surface area contributed by atoms with Crippen molar-refractivity contribution in [3.05, 3.63) is 70.2 Å². The highest BCUT2D eigenvalue weighted by Crippen LogP contribution is 2.37. The van der Waals surface area contributed by atoms with E-state index in [1.807, 2.05) is 42.1 Å². The number of aryl methyl sites for hydroxylation is 1. The Morgan fingerprint density at radius 2 is 1.76 bits per heavy atom. The molecule has 0 aliphatic carbocycles. The largest absolute Gasteiger partial charge is 0.350 e. The third-order valence-electron chi connectivity index (χ3n) is 4.09. The van der Waals surface area contributed by atoms with Gasteiger partial charge in [0.15, 0.2) is 0 Å². The minimum absolute atomic E-state index is 0.307. The van der Waals surface area contributed by atoms with Crippen LogP contribution < -0.4 is 4.90 Å². The normalized spacial score (nSPS) is 16.4. The molecule has 0 bridgehead atoms. The zero-order valence-electron chi connectivity index (χ0n) is 13.3.